The largest absolute Gasteiger partial charge is 0.465 e. The molecular formula is C11H17NO4. The molecule has 5 heteroatoms. The standard InChI is InChI=1S/C11H17NO4/c1-8(6-7-12(2)3)9(10(13)15-4)11(14)16-5/h6-7H,1-5H3. The Hall–Kier alpha value is -1.78. The monoisotopic (exact) mass is 227 g/mol. The molecule has 0 N–H and O–H groups in total. The Morgan fingerprint density at radius 1 is 1.06 bits per heavy atom. The van der Waals surface area contributed by atoms with E-state index in [0.29, 0.717) is 5.57 Å². The summed E-state index contributed by atoms with van der Waals surface area (Å²) in [6.45, 7) is 1.64. The van der Waals surface area contributed by atoms with Crippen LogP contribution in [0.3, 0.4) is 0 Å². The zero-order valence-electron chi connectivity index (χ0n) is 10.2. The van der Waals surface area contributed by atoms with Crippen molar-refractivity contribution in [2.75, 3.05) is 28.3 Å². The lowest BCUT2D eigenvalue weighted by Gasteiger charge is -2.07. The van der Waals surface area contributed by atoms with Crippen LogP contribution in [0.1, 0.15) is 6.92 Å². The molecule has 0 atom stereocenters. The van der Waals surface area contributed by atoms with E-state index < -0.39 is 11.9 Å². The van der Waals surface area contributed by atoms with Crippen LogP contribution in [-0.4, -0.2) is 45.2 Å². The molecular weight excluding hydrogens is 210 g/mol. The van der Waals surface area contributed by atoms with Gasteiger partial charge in [-0.2, -0.15) is 0 Å². The molecule has 0 aromatic rings. The van der Waals surface area contributed by atoms with E-state index in [-0.39, 0.29) is 5.57 Å². The fourth-order valence-corrected chi connectivity index (χ4v) is 0.954. The molecule has 0 bridgehead atoms. The van der Waals surface area contributed by atoms with E-state index in [9.17, 15) is 9.59 Å². The van der Waals surface area contributed by atoms with E-state index in [1.54, 1.807) is 24.1 Å². The van der Waals surface area contributed by atoms with Gasteiger partial charge in [0.15, 0.2) is 0 Å². The van der Waals surface area contributed by atoms with Crippen molar-refractivity contribution < 1.29 is 19.1 Å². The minimum atomic E-state index is -0.701. The molecule has 0 aliphatic rings. The highest BCUT2D eigenvalue weighted by molar-refractivity contribution is 6.15. The first-order valence-electron chi connectivity index (χ1n) is 4.66. The van der Waals surface area contributed by atoms with Gasteiger partial charge < -0.3 is 14.4 Å². The van der Waals surface area contributed by atoms with Crippen LogP contribution < -0.4 is 0 Å². The van der Waals surface area contributed by atoms with Crippen molar-refractivity contribution in [1.82, 2.24) is 4.90 Å². The third kappa shape index (κ3) is 4.16. The number of allylic oxidation sites excluding steroid dienone is 2. The molecule has 0 aliphatic heterocycles. The molecule has 0 aromatic carbocycles. The molecule has 0 spiro atoms. The lowest BCUT2D eigenvalue weighted by molar-refractivity contribution is -0.144. The Labute approximate surface area is 95.3 Å². The molecule has 0 rings (SSSR count). The van der Waals surface area contributed by atoms with Crippen molar-refractivity contribution in [1.29, 1.82) is 0 Å². The molecule has 0 fully saturated rings. The average molecular weight is 227 g/mol. The van der Waals surface area contributed by atoms with Gasteiger partial charge in [-0.1, -0.05) is 0 Å². The molecule has 0 amide bonds. The van der Waals surface area contributed by atoms with Crippen molar-refractivity contribution in [2.45, 2.75) is 6.92 Å². The van der Waals surface area contributed by atoms with Crippen LogP contribution in [0.2, 0.25) is 0 Å². The molecule has 16 heavy (non-hydrogen) atoms. The lowest BCUT2D eigenvalue weighted by atomic mass is 10.1. The highest BCUT2D eigenvalue weighted by Crippen LogP contribution is 2.09. The predicted octanol–water partition coefficient (Wildman–Crippen LogP) is 0.724. The van der Waals surface area contributed by atoms with Crippen molar-refractivity contribution in [3.05, 3.63) is 23.4 Å². The summed E-state index contributed by atoms with van der Waals surface area (Å²) in [5.41, 5.74) is 0.399. The molecule has 0 aliphatic carbocycles. The quantitative estimate of drug-likeness (QED) is 0.233. The van der Waals surface area contributed by atoms with Crippen molar-refractivity contribution in [2.24, 2.45) is 0 Å². The molecule has 0 unspecified atom stereocenters. The number of esters is 2. The molecule has 0 saturated carbocycles. The van der Waals surface area contributed by atoms with Gasteiger partial charge >= 0.3 is 11.9 Å². The lowest BCUT2D eigenvalue weighted by Crippen LogP contribution is -2.17. The molecule has 0 radical (unpaired) electrons. The summed E-state index contributed by atoms with van der Waals surface area (Å²) in [5, 5.41) is 0. The highest BCUT2D eigenvalue weighted by Gasteiger charge is 2.21. The van der Waals surface area contributed by atoms with E-state index in [1.165, 1.54) is 14.2 Å². The fraction of sp³-hybridized carbons (Fsp3) is 0.455. The highest BCUT2D eigenvalue weighted by atomic mass is 16.5. The van der Waals surface area contributed by atoms with E-state index in [0.717, 1.165) is 0 Å². The SMILES string of the molecule is COC(=O)C(C(=O)OC)=C(C)C=CN(C)C. The Bertz CT molecular complexity index is 311. The van der Waals surface area contributed by atoms with Crippen molar-refractivity contribution >= 4 is 11.9 Å². The summed E-state index contributed by atoms with van der Waals surface area (Å²) in [7, 11) is 6.10. The van der Waals surface area contributed by atoms with Gasteiger partial charge in [-0.15, -0.1) is 0 Å². The van der Waals surface area contributed by atoms with Crippen LogP contribution in [0.5, 0.6) is 0 Å². The van der Waals surface area contributed by atoms with E-state index in [4.69, 9.17) is 0 Å². The summed E-state index contributed by atoms with van der Waals surface area (Å²) < 4.78 is 9.04. The number of carbonyl (C=O) groups excluding carboxylic acids is 2. The molecule has 0 heterocycles. The maximum atomic E-state index is 11.4. The van der Waals surface area contributed by atoms with Gasteiger partial charge in [-0.25, -0.2) is 9.59 Å². The Morgan fingerprint density at radius 2 is 1.50 bits per heavy atom. The van der Waals surface area contributed by atoms with Crippen LogP contribution in [0.25, 0.3) is 0 Å². The second-order valence-electron chi connectivity index (χ2n) is 3.32. The van der Waals surface area contributed by atoms with Crippen molar-refractivity contribution in [3.63, 3.8) is 0 Å². The zero-order valence-corrected chi connectivity index (χ0v) is 10.2. The minimum absolute atomic E-state index is 0.0944. The molecule has 5 nitrogen and oxygen atoms in total. The van der Waals surface area contributed by atoms with E-state index in [2.05, 4.69) is 9.47 Å². The Balaban J connectivity index is 5.21. The maximum absolute atomic E-state index is 11.4. The van der Waals surface area contributed by atoms with Gasteiger partial charge in [0.05, 0.1) is 14.2 Å². The van der Waals surface area contributed by atoms with Crippen LogP contribution in [-0.2, 0) is 19.1 Å². The number of methoxy groups -OCH3 is 2. The van der Waals surface area contributed by atoms with Gasteiger partial charge in [-0.05, 0) is 24.8 Å². The van der Waals surface area contributed by atoms with Crippen LogP contribution in [0, 0.1) is 0 Å². The number of carbonyl (C=O) groups is 2. The van der Waals surface area contributed by atoms with E-state index >= 15 is 0 Å². The summed E-state index contributed by atoms with van der Waals surface area (Å²) in [5.74, 6) is -1.40. The topological polar surface area (TPSA) is 55.8 Å². The molecule has 0 aromatic heterocycles. The average Bonchev–Trinajstić information content (AvgIpc) is 2.25. The third-order valence-electron chi connectivity index (χ3n) is 1.80. The van der Waals surface area contributed by atoms with Gasteiger partial charge in [0.1, 0.15) is 5.57 Å². The summed E-state index contributed by atoms with van der Waals surface area (Å²) >= 11 is 0. The van der Waals surface area contributed by atoms with Crippen LogP contribution in [0.4, 0.5) is 0 Å². The molecule has 90 valence electrons. The number of ether oxygens (including phenoxy) is 2. The first-order valence-corrected chi connectivity index (χ1v) is 4.66. The second kappa shape index (κ2) is 6.66. The predicted molar refractivity (Wildman–Crippen MR) is 59.6 cm³/mol. The normalized spacial score (nSPS) is 9.81. The van der Waals surface area contributed by atoms with Crippen LogP contribution >= 0.6 is 0 Å². The number of hydrogen-bond donors (Lipinski definition) is 0. The van der Waals surface area contributed by atoms with Crippen LogP contribution in [0.15, 0.2) is 23.4 Å². The smallest absolute Gasteiger partial charge is 0.345 e. The van der Waals surface area contributed by atoms with Crippen molar-refractivity contribution in [3.8, 4) is 0 Å². The van der Waals surface area contributed by atoms with Gasteiger partial charge in [0.25, 0.3) is 0 Å². The number of hydrogen-bond acceptors (Lipinski definition) is 5. The first-order chi connectivity index (χ1) is 7.43. The fourth-order valence-electron chi connectivity index (χ4n) is 0.954. The number of nitrogens with zero attached hydrogens (tertiary/aromatic N) is 1. The van der Waals surface area contributed by atoms with Gasteiger partial charge in [0.2, 0.25) is 0 Å². The second-order valence-corrected chi connectivity index (χ2v) is 3.32. The third-order valence-corrected chi connectivity index (χ3v) is 1.80. The van der Waals surface area contributed by atoms with Gasteiger partial charge in [0, 0.05) is 14.1 Å². The maximum Gasteiger partial charge on any atom is 0.345 e. The summed E-state index contributed by atoms with van der Waals surface area (Å²) in [6.07, 6.45) is 3.37. The van der Waals surface area contributed by atoms with Gasteiger partial charge in [-0.3, -0.25) is 0 Å². The summed E-state index contributed by atoms with van der Waals surface area (Å²) in [6, 6.07) is 0. The first kappa shape index (κ1) is 14.2. The van der Waals surface area contributed by atoms with E-state index in [1.807, 2.05) is 14.1 Å². The minimum Gasteiger partial charge on any atom is -0.465 e. The Morgan fingerprint density at radius 3 is 1.81 bits per heavy atom. The molecule has 0 saturated heterocycles. The summed E-state index contributed by atoms with van der Waals surface area (Å²) in [4.78, 5) is 24.5. The Kier molecular flexibility index (Phi) is 5.92. The zero-order chi connectivity index (χ0) is 12.7. The number of rotatable bonds is 4.